The zero-order valence-electron chi connectivity index (χ0n) is 11.0. The number of fused-ring (bicyclic) bond motifs is 1. The van der Waals surface area contributed by atoms with Crippen LogP contribution in [-0.4, -0.2) is 37.1 Å². The molecule has 0 saturated carbocycles. The smallest absolute Gasteiger partial charge is 0.101 e. The number of hydrogen-bond acceptors (Lipinski definition) is 3. The maximum atomic E-state index is 9.24. The minimum atomic E-state index is 0.646. The monoisotopic (exact) mass is 275 g/mol. The van der Waals surface area contributed by atoms with Crippen molar-refractivity contribution in [2.75, 3.05) is 31.1 Å². The molecule has 0 N–H and O–H groups in total. The molecule has 0 aliphatic carbocycles. The first kappa shape index (κ1) is 12.8. The van der Waals surface area contributed by atoms with E-state index in [4.69, 9.17) is 11.6 Å². The summed E-state index contributed by atoms with van der Waals surface area (Å²) >= 11 is 6.08. The average Bonchev–Trinajstić information content (AvgIpc) is 2.46. The van der Waals surface area contributed by atoms with Crippen LogP contribution in [0.5, 0.6) is 0 Å². The molecule has 3 rings (SSSR count). The van der Waals surface area contributed by atoms with Gasteiger partial charge in [0.15, 0.2) is 0 Å². The maximum Gasteiger partial charge on any atom is 0.101 e. The predicted octanol–water partition coefficient (Wildman–Crippen LogP) is 2.89. The van der Waals surface area contributed by atoms with Crippen LogP contribution in [0.25, 0.3) is 0 Å². The van der Waals surface area contributed by atoms with Crippen LogP contribution in [0.15, 0.2) is 18.2 Å². The molecule has 0 spiro atoms. The lowest BCUT2D eigenvalue weighted by molar-refractivity contribution is 0.133. The van der Waals surface area contributed by atoms with Crippen molar-refractivity contribution in [3.8, 4) is 6.07 Å². The normalized spacial score (nSPS) is 23.8. The Hall–Kier alpha value is -1.24. The van der Waals surface area contributed by atoms with Crippen molar-refractivity contribution in [2.24, 2.45) is 0 Å². The van der Waals surface area contributed by atoms with Crippen LogP contribution in [-0.2, 0) is 0 Å². The molecular formula is C15H18ClN3. The number of anilines is 1. The lowest BCUT2D eigenvalue weighted by Crippen LogP contribution is -2.55. The first-order valence-electron chi connectivity index (χ1n) is 6.96. The van der Waals surface area contributed by atoms with Gasteiger partial charge in [0, 0.05) is 30.7 Å². The fourth-order valence-corrected chi connectivity index (χ4v) is 3.40. The summed E-state index contributed by atoms with van der Waals surface area (Å²) in [6.45, 7) is 4.35. The van der Waals surface area contributed by atoms with Gasteiger partial charge >= 0.3 is 0 Å². The van der Waals surface area contributed by atoms with Crippen molar-refractivity contribution in [1.29, 1.82) is 5.26 Å². The SMILES string of the molecule is N#Cc1ccc(Cl)cc1N1CCN2CCCCC2C1. The molecule has 2 fully saturated rings. The molecule has 0 radical (unpaired) electrons. The molecule has 1 aromatic carbocycles. The van der Waals surface area contributed by atoms with Gasteiger partial charge in [-0.3, -0.25) is 4.90 Å². The van der Waals surface area contributed by atoms with Crippen molar-refractivity contribution >= 4 is 17.3 Å². The van der Waals surface area contributed by atoms with E-state index in [-0.39, 0.29) is 0 Å². The van der Waals surface area contributed by atoms with E-state index >= 15 is 0 Å². The van der Waals surface area contributed by atoms with Gasteiger partial charge in [0.05, 0.1) is 11.3 Å². The second kappa shape index (κ2) is 5.40. The number of halogens is 1. The number of nitriles is 1. The molecule has 19 heavy (non-hydrogen) atoms. The Balaban J connectivity index is 1.83. The minimum absolute atomic E-state index is 0.646. The highest BCUT2D eigenvalue weighted by Gasteiger charge is 2.29. The van der Waals surface area contributed by atoms with Gasteiger partial charge < -0.3 is 4.90 Å². The average molecular weight is 276 g/mol. The van der Waals surface area contributed by atoms with Gasteiger partial charge in [-0.05, 0) is 37.6 Å². The third-order valence-electron chi connectivity index (χ3n) is 4.26. The highest BCUT2D eigenvalue weighted by atomic mass is 35.5. The van der Waals surface area contributed by atoms with Crippen molar-refractivity contribution in [1.82, 2.24) is 4.90 Å². The van der Waals surface area contributed by atoms with E-state index in [1.54, 1.807) is 6.07 Å². The van der Waals surface area contributed by atoms with E-state index in [0.29, 0.717) is 11.1 Å². The molecule has 3 nitrogen and oxygen atoms in total. The van der Waals surface area contributed by atoms with Gasteiger partial charge in [-0.2, -0.15) is 5.26 Å². The predicted molar refractivity (Wildman–Crippen MR) is 77.6 cm³/mol. The topological polar surface area (TPSA) is 30.3 Å². The van der Waals surface area contributed by atoms with Crippen LogP contribution < -0.4 is 4.90 Å². The number of piperazine rings is 1. The lowest BCUT2D eigenvalue weighted by atomic mass is 9.99. The zero-order valence-corrected chi connectivity index (χ0v) is 11.7. The third kappa shape index (κ3) is 2.56. The molecule has 0 bridgehead atoms. The van der Waals surface area contributed by atoms with Crippen LogP contribution in [0, 0.1) is 11.3 Å². The number of hydrogen-bond donors (Lipinski definition) is 0. The fourth-order valence-electron chi connectivity index (χ4n) is 3.24. The molecule has 1 atom stereocenters. The largest absolute Gasteiger partial charge is 0.368 e. The standard InChI is InChI=1S/C15H18ClN3/c16-13-5-4-12(10-17)15(9-13)19-8-7-18-6-2-1-3-14(18)11-19/h4-5,9,14H,1-3,6-8,11H2. The Morgan fingerprint density at radius 3 is 2.95 bits per heavy atom. The van der Waals surface area contributed by atoms with Crippen LogP contribution >= 0.6 is 11.6 Å². The van der Waals surface area contributed by atoms with Crippen molar-refractivity contribution < 1.29 is 0 Å². The molecule has 2 saturated heterocycles. The molecule has 1 aromatic rings. The van der Waals surface area contributed by atoms with Gasteiger partial charge in [0.2, 0.25) is 0 Å². The number of piperidine rings is 1. The molecule has 2 aliphatic rings. The van der Waals surface area contributed by atoms with Crippen molar-refractivity contribution in [3.63, 3.8) is 0 Å². The summed E-state index contributed by atoms with van der Waals surface area (Å²) in [6.07, 6.45) is 3.94. The fraction of sp³-hybridized carbons (Fsp3) is 0.533. The second-order valence-corrected chi connectivity index (χ2v) is 5.84. The summed E-state index contributed by atoms with van der Waals surface area (Å²) < 4.78 is 0. The zero-order chi connectivity index (χ0) is 13.2. The number of benzene rings is 1. The minimum Gasteiger partial charge on any atom is -0.368 e. The molecule has 2 aliphatic heterocycles. The van der Waals surface area contributed by atoms with E-state index in [2.05, 4.69) is 15.9 Å². The highest BCUT2D eigenvalue weighted by Crippen LogP contribution is 2.29. The van der Waals surface area contributed by atoms with E-state index in [1.165, 1.54) is 25.8 Å². The Labute approximate surface area is 119 Å². The summed E-state index contributed by atoms with van der Waals surface area (Å²) in [6, 6.07) is 8.47. The van der Waals surface area contributed by atoms with E-state index in [0.717, 1.165) is 30.9 Å². The number of rotatable bonds is 1. The number of nitrogens with zero attached hydrogens (tertiary/aromatic N) is 3. The Bertz CT molecular complexity index is 509. The Kier molecular flexibility index (Phi) is 3.63. The second-order valence-electron chi connectivity index (χ2n) is 5.40. The van der Waals surface area contributed by atoms with Gasteiger partial charge in [-0.25, -0.2) is 0 Å². The maximum absolute atomic E-state index is 9.24. The van der Waals surface area contributed by atoms with Crippen LogP contribution in [0.3, 0.4) is 0 Å². The highest BCUT2D eigenvalue weighted by molar-refractivity contribution is 6.30. The molecule has 0 aromatic heterocycles. The lowest BCUT2D eigenvalue weighted by Gasteiger charge is -2.45. The van der Waals surface area contributed by atoms with Gasteiger partial charge in [0.25, 0.3) is 0 Å². The Morgan fingerprint density at radius 1 is 1.21 bits per heavy atom. The summed E-state index contributed by atoms with van der Waals surface area (Å²) in [4.78, 5) is 4.92. The summed E-state index contributed by atoms with van der Waals surface area (Å²) in [5, 5.41) is 9.95. The first-order valence-corrected chi connectivity index (χ1v) is 7.34. The summed E-state index contributed by atoms with van der Waals surface area (Å²) in [7, 11) is 0. The molecule has 0 amide bonds. The molecule has 100 valence electrons. The molecule has 2 heterocycles. The Morgan fingerprint density at radius 2 is 2.11 bits per heavy atom. The molecule has 4 heteroatoms. The van der Waals surface area contributed by atoms with Crippen LogP contribution in [0.1, 0.15) is 24.8 Å². The first-order chi connectivity index (χ1) is 9.28. The van der Waals surface area contributed by atoms with E-state index in [1.807, 2.05) is 12.1 Å². The van der Waals surface area contributed by atoms with E-state index < -0.39 is 0 Å². The van der Waals surface area contributed by atoms with Crippen molar-refractivity contribution in [2.45, 2.75) is 25.3 Å². The van der Waals surface area contributed by atoms with Gasteiger partial charge in [-0.1, -0.05) is 18.0 Å². The molecular weight excluding hydrogens is 258 g/mol. The summed E-state index contributed by atoms with van der Waals surface area (Å²) in [5.41, 5.74) is 1.73. The van der Waals surface area contributed by atoms with Crippen molar-refractivity contribution in [3.05, 3.63) is 28.8 Å². The van der Waals surface area contributed by atoms with Gasteiger partial charge in [0.1, 0.15) is 6.07 Å². The van der Waals surface area contributed by atoms with Crippen LogP contribution in [0.2, 0.25) is 5.02 Å². The third-order valence-corrected chi connectivity index (χ3v) is 4.49. The van der Waals surface area contributed by atoms with Crippen LogP contribution in [0.4, 0.5) is 5.69 Å². The van der Waals surface area contributed by atoms with Gasteiger partial charge in [-0.15, -0.1) is 0 Å². The summed E-state index contributed by atoms with van der Waals surface area (Å²) in [5.74, 6) is 0. The quantitative estimate of drug-likeness (QED) is 0.789. The van der Waals surface area contributed by atoms with E-state index in [9.17, 15) is 5.26 Å². The molecule has 1 unspecified atom stereocenters.